The maximum absolute atomic E-state index is 8.06. The van der Waals surface area contributed by atoms with Gasteiger partial charge >= 0.3 is 65.3 Å². The normalized spacial score (nSPS) is 0.800. The summed E-state index contributed by atoms with van der Waals surface area (Å²) in [5, 5.41) is 0. The second kappa shape index (κ2) is 25.8. The van der Waals surface area contributed by atoms with Crippen LogP contribution < -0.4 is 0 Å². The van der Waals surface area contributed by atoms with E-state index in [4.69, 9.17) is 3.83 Å². The fraction of sp³-hybridized carbons (Fsp3) is 0. The molecule has 0 aliphatic rings. The van der Waals surface area contributed by atoms with Crippen LogP contribution in [0.2, 0.25) is 0 Å². The molecule has 0 spiro atoms. The van der Waals surface area contributed by atoms with Gasteiger partial charge in [0, 0.05) is 52.7 Å². The molecule has 0 N–H and O–H groups in total. The Morgan fingerprint density at radius 3 is 1.40 bits per heavy atom. The average Bonchev–Trinajstić information content (AvgIpc) is 1.00. The van der Waals surface area contributed by atoms with Crippen molar-refractivity contribution in [3.63, 3.8) is 0 Å². The topological polar surface area (TPSA) is 17.1 Å². The Labute approximate surface area is 118 Å². The minimum absolute atomic E-state index is 0. The SMILES string of the molecule is [H-].[H-].[La].[Mn].[O]=[Mn].[Sr+2]. The Hall–Kier alpha value is 3.51. The van der Waals surface area contributed by atoms with Crippen LogP contribution in [-0.2, 0) is 36.8 Å². The molecular weight excluding hydrogens is 352 g/mol. The summed E-state index contributed by atoms with van der Waals surface area (Å²) in [5.41, 5.74) is 0. The fourth-order valence-corrected chi connectivity index (χ4v) is 0. The quantitative estimate of drug-likeness (QED) is 0.547. The van der Waals surface area contributed by atoms with Gasteiger partial charge < -0.3 is 2.85 Å². The Morgan fingerprint density at radius 2 is 1.40 bits per heavy atom. The molecule has 5 heavy (non-hydrogen) atoms. The van der Waals surface area contributed by atoms with Gasteiger partial charge in [-0.15, -0.1) is 0 Å². The molecule has 5 heteroatoms. The molecule has 0 rings (SSSR count). The van der Waals surface area contributed by atoms with Crippen LogP contribution in [0, 0.1) is 35.6 Å². The van der Waals surface area contributed by atoms with Crippen LogP contribution in [-0.4, -0.2) is 45.5 Å². The van der Waals surface area contributed by atoms with Crippen molar-refractivity contribution in [2.75, 3.05) is 0 Å². The van der Waals surface area contributed by atoms with Crippen molar-refractivity contribution in [1.29, 1.82) is 0 Å². The van der Waals surface area contributed by atoms with Crippen molar-refractivity contribution in [3.05, 3.63) is 0 Å². The molecular formula is H2LaMn2OSr. The van der Waals surface area contributed by atoms with E-state index in [0.717, 1.165) is 0 Å². The number of hydrogen-bond donors (Lipinski definition) is 0. The Bertz CT molecular complexity index is 15.7. The van der Waals surface area contributed by atoms with Crippen LogP contribution in [0.1, 0.15) is 2.85 Å². The standard InChI is InChI=1S/La.2Mn.O.Sr.2H/q;;;;+2;2*-1. The molecule has 0 atom stereocenters. The third-order valence-electron chi connectivity index (χ3n) is 0. The maximum atomic E-state index is 8.06. The molecule has 27 valence electrons. The van der Waals surface area contributed by atoms with Gasteiger partial charge in [0.15, 0.2) is 0 Å². The molecule has 0 aliphatic heterocycles. The molecule has 0 aromatic heterocycles. The molecule has 1 nitrogen and oxygen atoms in total. The zero-order valence-electron chi connectivity index (χ0n) is 4.45. The van der Waals surface area contributed by atoms with Crippen molar-refractivity contribution in [1.82, 2.24) is 0 Å². The number of hydrogen-bond acceptors (Lipinski definition) is 1. The summed E-state index contributed by atoms with van der Waals surface area (Å²) in [6.45, 7) is 0. The van der Waals surface area contributed by atoms with Crippen molar-refractivity contribution in [3.8, 4) is 0 Å². The van der Waals surface area contributed by atoms with E-state index in [1.54, 1.807) is 15.9 Å². The molecule has 0 saturated heterocycles. The van der Waals surface area contributed by atoms with Crippen LogP contribution >= 0.6 is 0 Å². The fourth-order valence-electron chi connectivity index (χ4n) is 0. The van der Waals surface area contributed by atoms with Gasteiger partial charge in [0.05, 0.1) is 0 Å². The summed E-state index contributed by atoms with van der Waals surface area (Å²) in [7, 11) is 0. The van der Waals surface area contributed by atoms with E-state index in [9.17, 15) is 0 Å². The van der Waals surface area contributed by atoms with Crippen LogP contribution in [0.25, 0.3) is 0 Å². The largest absolute Gasteiger partial charge is 2.00 e. The second-order valence-corrected chi connectivity index (χ2v) is 0. The maximum Gasteiger partial charge on any atom is 2.00 e. The second-order valence-electron chi connectivity index (χ2n) is 0. The Kier molecular flexibility index (Phi) is 122. The van der Waals surface area contributed by atoms with Crippen LogP contribution in [0.5, 0.6) is 0 Å². The van der Waals surface area contributed by atoms with Crippen molar-refractivity contribution in [2.45, 2.75) is 0 Å². The Balaban J connectivity index is -0.000000000500. The molecule has 0 aromatic rings. The van der Waals surface area contributed by atoms with Crippen molar-refractivity contribution >= 4 is 45.5 Å². The van der Waals surface area contributed by atoms with Gasteiger partial charge in [0.25, 0.3) is 0 Å². The smallest absolute Gasteiger partial charge is 2.00 e. The molecule has 0 bridgehead atoms. The average molecular weight is 354 g/mol. The Morgan fingerprint density at radius 1 is 1.40 bits per heavy atom. The van der Waals surface area contributed by atoms with Crippen molar-refractivity contribution < 1.29 is 75.3 Å². The predicted molar refractivity (Wildman–Crippen MR) is 8.66 cm³/mol. The van der Waals surface area contributed by atoms with Crippen LogP contribution in [0.15, 0.2) is 0 Å². The summed E-state index contributed by atoms with van der Waals surface area (Å²) in [4.78, 5) is 0. The third kappa shape index (κ3) is 18.5. The summed E-state index contributed by atoms with van der Waals surface area (Å²) < 4.78 is 8.06. The van der Waals surface area contributed by atoms with E-state index in [0.29, 0.717) is 0 Å². The monoisotopic (exact) mass is 355 g/mol. The van der Waals surface area contributed by atoms with Gasteiger partial charge in [-0.25, -0.2) is 0 Å². The summed E-state index contributed by atoms with van der Waals surface area (Å²) in [5.74, 6) is 0. The third-order valence-corrected chi connectivity index (χ3v) is 0. The van der Waals surface area contributed by atoms with E-state index < -0.39 is 0 Å². The number of rotatable bonds is 0. The van der Waals surface area contributed by atoms with Crippen molar-refractivity contribution in [2.24, 2.45) is 0 Å². The first-order chi connectivity index (χ1) is 1.00. The predicted octanol–water partition coefficient (Wildman–Crippen LogP) is -0.280. The molecule has 0 saturated carbocycles. The minimum atomic E-state index is 0. The van der Waals surface area contributed by atoms with E-state index in [1.165, 1.54) is 0 Å². The van der Waals surface area contributed by atoms with E-state index in [2.05, 4.69) is 0 Å². The summed E-state index contributed by atoms with van der Waals surface area (Å²) in [6.07, 6.45) is 0. The molecule has 0 aromatic carbocycles. The zero-order valence-corrected chi connectivity index (χ0v) is 11.9. The van der Waals surface area contributed by atoms with Crippen LogP contribution in [0.3, 0.4) is 0 Å². The minimum Gasteiger partial charge on any atom is 2.00 e. The van der Waals surface area contributed by atoms with Gasteiger partial charge in [0.1, 0.15) is 0 Å². The molecule has 2 radical (unpaired) electrons. The van der Waals surface area contributed by atoms with Gasteiger partial charge in [-0.3, -0.25) is 0 Å². The first-order valence-electron chi connectivity index (χ1n) is 0.154. The van der Waals surface area contributed by atoms with E-state index >= 15 is 0 Å². The first kappa shape index (κ1) is 23.6. The zero-order chi connectivity index (χ0) is 2.00. The summed E-state index contributed by atoms with van der Waals surface area (Å²) >= 11 is 1.69. The summed E-state index contributed by atoms with van der Waals surface area (Å²) in [6, 6.07) is 0. The van der Waals surface area contributed by atoms with Gasteiger partial charge in [-0.1, -0.05) is 0 Å². The first-order valence-corrected chi connectivity index (χ1v) is 0.636. The van der Waals surface area contributed by atoms with Gasteiger partial charge in [-0.05, 0) is 0 Å². The van der Waals surface area contributed by atoms with Crippen LogP contribution in [0.4, 0.5) is 0 Å². The molecule has 0 fully saturated rings. The van der Waals surface area contributed by atoms with E-state index in [1.807, 2.05) is 0 Å². The molecule has 0 unspecified atom stereocenters. The molecule has 0 aliphatic carbocycles. The van der Waals surface area contributed by atoms with Gasteiger partial charge in [-0.2, -0.15) is 0 Å². The van der Waals surface area contributed by atoms with Gasteiger partial charge in [0.2, 0.25) is 0 Å². The molecule has 0 heterocycles. The van der Waals surface area contributed by atoms with E-state index in [-0.39, 0.29) is 101 Å². The molecule has 0 amide bonds.